The molecule has 1 aromatic carbocycles. The van der Waals surface area contributed by atoms with Crippen molar-refractivity contribution < 1.29 is 9.90 Å². The van der Waals surface area contributed by atoms with Crippen molar-refractivity contribution in [3.63, 3.8) is 0 Å². The summed E-state index contributed by atoms with van der Waals surface area (Å²) in [6.45, 7) is 2.61. The van der Waals surface area contributed by atoms with Crippen molar-refractivity contribution in [3.8, 4) is 0 Å². The molecule has 1 unspecified atom stereocenters. The highest BCUT2D eigenvalue weighted by molar-refractivity contribution is 5.74. The van der Waals surface area contributed by atoms with Gasteiger partial charge >= 0.3 is 6.03 Å². The van der Waals surface area contributed by atoms with Gasteiger partial charge in [0.05, 0.1) is 6.54 Å². The van der Waals surface area contributed by atoms with Crippen LogP contribution in [0.15, 0.2) is 42.7 Å². The zero-order valence-electron chi connectivity index (χ0n) is 13.1. The minimum absolute atomic E-state index is 0.0878. The highest BCUT2D eigenvalue weighted by Crippen LogP contribution is 2.15. The normalized spacial score (nSPS) is 17.4. The van der Waals surface area contributed by atoms with Crippen LogP contribution >= 0.6 is 0 Å². The molecule has 1 atom stereocenters. The molecule has 1 aliphatic rings. The number of likely N-dealkylation sites (tertiary alicyclic amines) is 1. The quantitative estimate of drug-likeness (QED) is 0.877. The summed E-state index contributed by atoms with van der Waals surface area (Å²) in [4.78, 5) is 18.3. The Morgan fingerprint density at radius 1 is 1.35 bits per heavy atom. The van der Waals surface area contributed by atoms with E-state index >= 15 is 0 Å². The van der Waals surface area contributed by atoms with Crippen LogP contribution in [-0.4, -0.2) is 45.3 Å². The van der Waals surface area contributed by atoms with Crippen LogP contribution in [0.4, 0.5) is 4.79 Å². The maximum absolute atomic E-state index is 12.2. The minimum atomic E-state index is -0.0878. The van der Waals surface area contributed by atoms with Crippen LogP contribution in [0.1, 0.15) is 17.8 Å². The number of hydrogen-bond donors (Lipinski definition) is 2. The average molecular weight is 314 g/mol. The third-order valence-electron chi connectivity index (χ3n) is 4.23. The fraction of sp³-hybridized carbons (Fsp3) is 0.412. The molecule has 1 aliphatic heterocycles. The summed E-state index contributed by atoms with van der Waals surface area (Å²) in [5.41, 5.74) is 1.20. The van der Waals surface area contributed by atoms with Gasteiger partial charge in [0, 0.05) is 44.6 Å². The lowest BCUT2D eigenvalue weighted by atomic mass is 10.1. The van der Waals surface area contributed by atoms with E-state index in [1.54, 1.807) is 11.1 Å². The molecular weight excluding hydrogens is 292 g/mol. The van der Waals surface area contributed by atoms with Gasteiger partial charge in [0.2, 0.25) is 0 Å². The maximum atomic E-state index is 12.2. The van der Waals surface area contributed by atoms with Gasteiger partial charge in [-0.1, -0.05) is 30.3 Å². The molecule has 0 bridgehead atoms. The van der Waals surface area contributed by atoms with Gasteiger partial charge in [-0.3, -0.25) is 0 Å². The van der Waals surface area contributed by atoms with E-state index in [9.17, 15) is 4.79 Å². The molecule has 0 spiro atoms. The molecule has 2 N–H and O–H groups in total. The predicted molar refractivity (Wildman–Crippen MR) is 86.8 cm³/mol. The Balaban J connectivity index is 1.55. The van der Waals surface area contributed by atoms with E-state index in [0.29, 0.717) is 19.6 Å². The van der Waals surface area contributed by atoms with E-state index < -0.39 is 0 Å². The second-order valence-electron chi connectivity index (χ2n) is 5.90. The Morgan fingerprint density at radius 3 is 2.91 bits per heavy atom. The Morgan fingerprint density at radius 2 is 2.17 bits per heavy atom. The lowest BCUT2D eigenvalue weighted by Gasteiger charge is -2.17. The lowest BCUT2D eigenvalue weighted by Crippen LogP contribution is -2.38. The molecule has 3 rings (SSSR count). The lowest BCUT2D eigenvalue weighted by molar-refractivity contribution is 0.197. The molecule has 122 valence electrons. The summed E-state index contributed by atoms with van der Waals surface area (Å²) >= 11 is 0. The summed E-state index contributed by atoms with van der Waals surface area (Å²) in [6, 6.07) is 10.1. The second kappa shape index (κ2) is 7.28. The van der Waals surface area contributed by atoms with Crippen LogP contribution in [0.3, 0.4) is 0 Å². The molecule has 2 aromatic rings. The van der Waals surface area contributed by atoms with Crippen LogP contribution in [0.5, 0.6) is 0 Å². The van der Waals surface area contributed by atoms with Crippen molar-refractivity contribution in [2.24, 2.45) is 5.92 Å². The Bertz CT molecular complexity index is 641. The molecule has 1 saturated heterocycles. The zero-order valence-corrected chi connectivity index (χ0v) is 13.1. The summed E-state index contributed by atoms with van der Waals surface area (Å²) in [5, 5.41) is 12.1. The van der Waals surface area contributed by atoms with E-state index in [1.165, 1.54) is 5.56 Å². The summed E-state index contributed by atoms with van der Waals surface area (Å²) < 4.78 is 2.04. The molecule has 2 amide bonds. The monoisotopic (exact) mass is 314 g/mol. The number of carbonyl (C=O) groups excluding carboxylic acids is 1. The van der Waals surface area contributed by atoms with Crippen molar-refractivity contribution in [1.29, 1.82) is 0 Å². The van der Waals surface area contributed by atoms with E-state index in [0.717, 1.165) is 18.8 Å². The summed E-state index contributed by atoms with van der Waals surface area (Å²) in [7, 11) is 0. The molecule has 2 heterocycles. The Kier molecular flexibility index (Phi) is 4.92. The molecule has 6 heteroatoms. The molecule has 6 nitrogen and oxygen atoms in total. The van der Waals surface area contributed by atoms with Gasteiger partial charge in [0.15, 0.2) is 0 Å². The second-order valence-corrected chi connectivity index (χ2v) is 5.90. The standard InChI is InChI=1S/C17H22N4O2/c22-13-15-6-8-21(12-15)17(23)19-10-16-18-7-9-20(16)11-14-4-2-1-3-5-14/h1-5,7,9,15,22H,6,8,10-13H2,(H,19,23). The molecule has 0 aliphatic carbocycles. The molecular formula is C17H22N4O2. The zero-order chi connectivity index (χ0) is 16.1. The van der Waals surface area contributed by atoms with Crippen molar-refractivity contribution in [2.75, 3.05) is 19.7 Å². The summed E-state index contributed by atoms with van der Waals surface area (Å²) in [5.74, 6) is 1.04. The first kappa shape index (κ1) is 15.6. The molecule has 0 saturated carbocycles. The number of nitrogens with zero attached hydrogens (tertiary/aromatic N) is 3. The van der Waals surface area contributed by atoms with Crippen molar-refractivity contribution >= 4 is 6.03 Å². The highest BCUT2D eigenvalue weighted by atomic mass is 16.3. The predicted octanol–water partition coefficient (Wildman–Crippen LogP) is 1.46. The highest BCUT2D eigenvalue weighted by Gasteiger charge is 2.25. The Hall–Kier alpha value is -2.34. The number of imidazole rings is 1. The summed E-state index contributed by atoms with van der Waals surface area (Å²) in [6.07, 6.45) is 4.54. The number of nitrogens with one attached hydrogen (secondary N) is 1. The van der Waals surface area contributed by atoms with Crippen LogP contribution in [0.2, 0.25) is 0 Å². The first-order chi connectivity index (χ1) is 11.3. The largest absolute Gasteiger partial charge is 0.396 e. The minimum Gasteiger partial charge on any atom is -0.396 e. The smallest absolute Gasteiger partial charge is 0.317 e. The number of benzene rings is 1. The van der Waals surface area contributed by atoms with Crippen molar-refractivity contribution in [1.82, 2.24) is 19.8 Å². The number of carbonyl (C=O) groups is 1. The number of urea groups is 1. The van der Waals surface area contributed by atoms with Crippen molar-refractivity contribution in [2.45, 2.75) is 19.5 Å². The van der Waals surface area contributed by atoms with Crippen LogP contribution < -0.4 is 5.32 Å². The maximum Gasteiger partial charge on any atom is 0.317 e. The van der Waals surface area contributed by atoms with Gasteiger partial charge in [0.1, 0.15) is 5.82 Å². The SMILES string of the molecule is O=C(NCc1nccn1Cc1ccccc1)N1CCC(CO)C1. The number of aliphatic hydroxyl groups is 1. The molecule has 23 heavy (non-hydrogen) atoms. The van der Waals surface area contributed by atoms with E-state index in [-0.39, 0.29) is 18.6 Å². The number of aliphatic hydroxyl groups excluding tert-OH is 1. The van der Waals surface area contributed by atoms with E-state index in [1.807, 2.05) is 29.0 Å². The van der Waals surface area contributed by atoms with Gasteiger partial charge in [-0.15, -0.1) is 0 Å². The van der Waals surface area contributed by atoms with E-state index in [4.69, 9.17) is 5.11 Å². The third kappa shape index (κ3) is 3.90. The van der Waals surface area contributed by atoms with Gasteiger partial charge in [0.25, 0.3) is 0 Å². The molecule has 1 aromatic heterocycles. The first-order valence-electron chi connectivity index (χ1n) is 7.94. The average Bonchev–Trinajstić information content (AvgIpc) is 3.23. The van der Waals surface area contributed by atoms with Gasteiger partial charge < -0.3 is 19.9 Å². The fourth-order valence-corrected chi connectivity index (χ4v) is 2.86. The number of amides is 2. The van der Waals surface area contributed by atoms with E-state index in [2.05, 4.69) is 22.4 Å². The number of rotatable bonds is 5. The van der Waals surface area contributed by atoms with Crippen LogP contribution in [0, 0.1) is 5.92 Å². The Labute approximate surface area is 135 Å². The fourth-order valence-electron chi connectivity index (χ4n) is 2.86. The van der Waals surface area contributed by atoms with Gasteiger partial charge in [-0.2, -0.15) is 0 Å². The van der Waals surface area contributed by atoms with Crippen molar-refractivity contribution in [3.05, 3.63) is 54.1 Å². The van der Waals surface area contributed by atoms with Gasteiger partial charge in [-0.25, -0.2) is 9.78 Å². The van der Waals surface area contributed by atoms with Gasteiger partial charge in [-0.05, 0) is 12.0 Å². The van der Waals surface area contributed by atoms with Crippen LogP contribution in [0.25, 0.3) is 0 Å². The third-order valence-corrected chi connectivity index (χ3v) is 4.23. The first-order valence-corrected chi connectivity index (χ1v) is 7.94. The molecule has 0 radical (unpaired) electrons. The number of hydrogen-bond acceptors (Lipinski definition) is 3. The molecule has 1 fully saturated rings. The topological polar surface area (TPSA) is 70.4 Å². The number of aromatic nitrogens is 2. The van der Waals surface area contributed by atoms with Crippen LogP contribution in [-0.2, 0) is 13.1 Å².